The van der Waals surface area contributed by atoms with Crippen LogP contribution in [-0.2, 0) is 0 Å². The molecule has 0 spiro atoms. The van der Waals surface area contributed by atoms with Crippen LogP contribution in [0.3, 0.4) is 0 Å². The highest BCUT2D eigenvalue weighted by Gasteiger charge is 2.16. The fourth-order valence-electron chi connectivity index (χ4n) is 4.27. The standard InChI is InChI=1S/C24H21N5.C9H21N/c1-4-18-19(5-2)21(23(25)26)11-10-20(18)22-13-28-29-14-17(12-27-24(22)29)16-8-6-15(3)7-9-16;1-5-9(4)7-10-6-8(2)3/h4-14H,1-2H2,3H3,(H3,25,26);8-10H,5-7H2,1-4H3. The van der Waals surface area contributed by atoms with Gasteiger partial charge in [0.05, 0.1) is 6.20 Å². The summed E-state index contributed by atoms with van der Waals surface area (Å²) in [7, 11) is 0. The molecule has 0 radical (unpaired) electrons. The quantitative estimate of drug-likeness (QED) is 0.151. The van der Waals surface area contributed by atoms with Crippen LogP contribution in [0.5, 0.6) is 0 Å². The van der Waals surface area contributed by atoms with E-state index in [-0.39, 0.29) is 5.84 Å². The molecule has 6 nitrogen and oxygen atoms in total. The van der Waals surface area contributed by atoms with Crippen molar-refractivity contribution < 1.29 is 0 Å². The number of nitrogens with one attached hydrogen (secondary N) is 2. The molecule has 204 valence electrons. The van der Waals surface area contributed by atoms with Crippen LogP contribution in [0.25, 0.3) is 40.1 Å². The molecule has 1 unspecified atom stereocenters. The van der Waals surface area contributed by atoms with Gasteiger partial charge >= 0.3 is 0 Å². The van der Waals surface area contributed by atoms with Crippen LogP contribution in [0.4, 0.5) is 0 Å². The van der Waals surface area contributed by atoms with Crippen LogP contribution in [-0.4, -0.2) is 33.5 Å². The van der Waals surface area contributed by atoms with E-state index >= 15 is 0 Å². The summed E-state index contributed by atoms with van der Waals surface area (Å²) in [5.41, 5.74) is 13.8. The molecule has 39 heavy (non-hydrogen) atoms. The second-order valence-corrected chi connectivity index (χ2v) is 10.4. The topological polar surface area (TPSA) is 92.1 Å². The van der Waals surface area contributed by atoms with Crippen LogP contribution in [0, 0.1) is 24.2 Å². The smallest absolute Gasteiger partial charge is 0.162 e. The van der Waals surface area contributed by atoms with Crippen LogP contribution in [0.2, 0.25) is 0 Å². The zero-order valence-electron chi connectivity index (χ0n) is 24.0. The first kappa shape index (κ1) is 29.5. The monoisotopic (exact) mass is 522 g/mol. The highest BCUT2D eigenvalue weighted by molar-refractivity contribution is 6.01. The number of amidine groups is 1. The Hall–Kier alpha value is -4.03. The Morgan fingerprint density at radius 2 is 1.67 bits per heavy atom. The number of fused-ring (bicyclic) bond motifs is 1. The molecule has 2 heterocycles. The van der Waals surface area contributed by atoms with E-state index in [1.807, 2.05) is 24.5 Å². The Bertz CT molecular complexity index is 1430. The third-order valence-electron chi connectivity index (χ3n) is 6.76. The van der Waals surface area contributed by atoms with Crippen molar-refractivity contribution in [2.75, 3.05) is 13.1 Å². The second kappa shape index (κ2) is 13.7. The minimum Gasteiger partial charge on any atom is -0.384 e. The number of hydrogen-bond donors (Lipinski definition) is 3. The maximum Gasteiger partial charge on any atom is 0.162 e. The van der Waals surface area contributed by atoms with E-state index in [1.54, 1.807) is 22.9 Å². The fraction of sp³-hybridized carbons (Fsp3) is 0.303. The second-order valence-electron chi connectivity index (χ2n) is 10.4. The van der Waals surface area contributed by atoms with Gasteiger partial charge in [-0.05, 0) is 54.1 Å². The summed E-state index contributed by atoms with van der Waals surface area (Å²) in [6.07, 6.45) is 10.4. The van der Waals surface area contributed by atoms with Crippen molar-refractivity contribution in [2.24, 2.45) is 17.6 Å². The van der Waals surface area contributed by atoms with E-state index in [0.29, 0.717) is 5.56 Å². The fourth-order valence-corrected chi connectivity index (χ4v) is 4.27. The van der Waals surface area contributed by atoms with E-state index in [4.69, 9.17) is 11.1 Å². The Kier molecular flexibility index (Phi) is 10.4. The normalized spacial score (nSPS) is 11.6. The number of rotatable bonds is 10. The van der Waals surface area contributed by atoms with Gasteiger partial charge in [-0.1, -0.05) is 101 Å². The van der Waals surface area contributed by atoms with E-state index in [1.165, 1.54) is 18.5 Å². The van der Waals surface area contributed by atoms with Gasteiger partial charge in [-0.2, -0.15) is 5.10 Å². The van der Waals surface area contributed by atoms with Gasteiger partial charge in [0.1, 0.15) is 5.84 Å². The minimum atomic E-state index is -0.00437. The Balaban J connectivity index is 0.000000360. The maximum atomic E-state index is 7.81. The van der Waals surface area contributed by atoms with Crippen molar-refractivity contribution in [3.05, 3.63) is 90.4 Å². The maximum absolute atomic E-state index is 7.81. The van der Waals surface area contributed by atoms with Crippen molar-refractivity contribution in [3.63, 3.8) is 0 Å². The molecule has 0 saturated heterocycles. The molecule has 0 aliphatic carbocycles. The summed E-state index contributed by atoms with van der Waals surface area (Å²) < 4.78 is 1.78. The first-order valence-corrected chi connectivity index (χ1v) is 13.6. The lowest BCUT2D eigenvalue weighted by Crippen LogP contribution is -2.24. The molecule has 4 rings (SSSR count). The third kappa shape index (κ3) is 7.30. The van der Waals surface area contributed by atoms with Gasteiger partial charge in [-0.15, -0.1) is 0 Å². The Labute approximate surface area is 233 Å². The minimum absolute atomic E-state index is 0.00437. The molecule has 0 fully saturated rings. The first-order chi connectivity index (χ1) is 18.7. The van der Waals surface area contributed by atoms with Gasteiger partial charge < -0.3 is 11.1 Å². The highest BCUT2D eigenvalue weighted by atomic mass is 15.2. The molecule has 6 heteroatoms. The first-order valence-electron chi connectivity index (χ1n) is 13.6. The molecule has 0 bridgehead atoms. The van der Waals surface area contributed by atoms with Crippen molar-refractivity contribution >= 4 is 23.6 Å². The number of aromatic nitrogens is 3. The predicted molar refractivity (Wildman–Crippen MR) is 167 cm³/mol. The van der Waals surface area contributed by atoms with Crippen LogP contribution >= 0.6 is 0 Å². The summed E-state index contributed by atoms with van der Waals surface area (Å²) in [5.74, 6) is 1.61. The summed E-state index contributed by atoms with van der Waals surface area (Å²) in [6.45, 7) is 21.2. The molecular formula is C33H42N6. The lowest BCUT2D eigenvalue weighted by Gasteiger charge is -2.13. The van der Waals surface area contributed by atoms with Gasteiger partial charge in [-0.3, -0.25) is 5.41 Å². The lowest BCUT2D eigenvalue weighted by molar-refractivity contribution is 0.466. The lowest BCUT2D eigenvalue weighted by atomic mass is 9.92. The highest BCUT2D eigenvalue weighted by Crippen LogP contribution is 2.33. The van der Waals surface area contributed by atoms with Crippen LogP contribution in [0.15, 0.2) is 68.1 Å². The predicted octanol–water partition coefficient (Wildman–Crippen LogP) is 7.22. The van der Waals surface area contributed by atoms with Gasteiger partial charge in [0.25, 0.3) is 0 Å². The van der Waals surface area contributed by atoms with Gasteiger partial charge in [0, 0.05) is 29.1 Å². The number of aryl methyl sites for hydroxylation is 1. The molecule has 0 amide bonds. The molecule has 2 aromatic carbocycles. The summed E-state index contributed by atoms with van der Waals surface area (Å²) in [4.78, 5) is 4.68. The summed E-state index contributed by atoms with van der Waals surface area (Å²) in [5, 5.41) is 15.8. The molecule has 4 N–H and O–H groups in total. The molecule has 0 aliphatic rings. The number of nitrogen functional groups attached to an aromatic ring is 1. The molecule has 0 saturated carbocycles. The molecule has 1 atom stereocenters. The Morgan fingerprint density at radius 1 is 0.974 bits per heavy atom. The third-order valence-corrected chi connectivity index (χ3v) is 6.76. The van der Waals surface area contributed by atoms with E-state index in [9.17, 15) is 0 Å². The zero-order valence-corrected chi connectivity index (χ0v) is 24.0. The van der Waals surface area contributed by atoms with Crippen molar-refractivity contribution in [1.29, 1.82) is 5.41 Å². The van der Waals surface area contributed by atoms with Gasteiger partial charge in [-0.25, -0.2) is 9.50 Å². The zero-order chi connectivity index (χ0) is 28.5. The molecule has 4 aromatic rings. The number of nitrogens with zero attached hydrogens (tertiary/aromatic N) is 3. The summed E-state index contributed by atoms with van der Waals surface area (Å²) >= 11 is 0. The number of benzene rings is 2. The summed E-state index contributed by atoms with van der Waals surface area (Å²) in [6, 6.07) is 12.1. The van der Waals surface area contributed by atoms with Crippen LogP contribution < -0.4 is 11.1 Å². The van der Waals surface area contributed by atoms with Gasteiger partial charge in [0.2, 0.25) is 0 Å². The van der Waals surface area contributed by atoms with Crippen molar-refractivity contribution in [2.45, 2.75) is 41.0 Å². The average Bonchev–Trinajstić information content (AvgIpc) is 3.35. The SMILES string of the molecule is C=Cc1c(C(=N)N)ccc(-c2cnn3cc(-c4ccc(C)cc4)cnc23)c1C=C.CCC(C)CNCC(C)C. The largest absolute Gasteiger partial charge is 0.384 e. The number of nitrogens with two attached hydrogens (primary N) is 1. The van der Waals surface area contributed by atoms with Crippen molar-refractivity contribution in [3.8, 4) is 22.3 Å². The van der Waals surface area contributed by atoms with E-state index < -0.39 is 0 Å². The van der Waals surface area contributed by atoms with Crippen LogP contribution in [0.1, 0.15) is 56.4 Å². The molecular weight excluding hydrogens is 480 g/mol. The number of hydrogen-bond acceptors (Lipinski definition) is 4. The average molecular weight is 523 g/mol. The Morgan fingerprint density at radius 3 is 2.26 bits per heavy atom. The molecule has 0 aliphatic heterocycles. The van der Waals surface area contributed by atoms with E-state index in [0.717, 1.165) is 57.4 Å². The van der Waals surface area contributed by atoms with Crippen molar-refractivity contribution in [1.82, 2.24) is 19.9 Å². The van der Waals surface area contributed by atoms with E-state index in [2.05, 4.69) is 87.4 Å². The molecule has 2 aromatic heterocycles. The van der Waals surface area contributed by atoms with Gasteiger partial charge in [0.15, 0.2) is 5.65 Å².